The Morgan fingerprint density at radius 1 is 1.76 bits per heavy atom. The summed E-state index contributed by atoms with van der Waals surface area (Å²) in [4.78, 5) is 13.9. The number of nitrogens with two attached hydrogens (primary N) is 1. The summed E-state index contributed by atoms with van der Waals surface area (Å²) in [5.41, 5.74) is 5.92. The zero-order valence-electron chi connectivity index (χ0n) is 9.98. The van der Waals surface area contributed by atoms with Gasteiger partial charge < -0.3 is 15.4 Å². The van der Waals surface area contributed by atoms with Crippen LogP contribution in [0.4, 0.5) is 5.82 Å². The SMILES string of the molecule is CCN(CC1CCCO1)C(=O)c1cc(N)n[nH]1. The van der Waals surface area contributed by atoms with Crippen LogP contribution in [0.15, 0.2) is 6.07 Å². The largest absolute Gasteiger partial charge is 0.382 e. The molecule has 94 valence electrons. The molecule has 1 fully saturated rings. The van der Waals surface area contributed by atoms with Crippen LogP contribution in [0.2, 0.25) is 0 Å². The van der Waals surface area contributed by atoms with Crippen LogP contribution in [0.5, 0.6) is 0 Å². The number of rotatable bonds is 4. The summed E-state index contributed by atoms with van der Waals surface area (Å²) in [6.07, 6.45) is 2.27. The second kappa shape index (κ2) is 5.18. The van der Waals surface area contributed by atoms with Gasteiger partial charge in [0.15, 0.2) is 0 Å². The molecule has 0 spiro atoms. The van der Waals surface area contributed by atoms with Crippen LogP contribution in [-0.2, 0) is 4.74 Å². The highest BCUT2D eigenvalue weighted by atomic mass is 16.5. The van der Waals surface area contributed by atoms with Gasteiger partial charge in [-0.3, -0.25) is 9.89 Å². The Balaban J connectivity index is 1.99. The van der Waals surface area contributed by atoms with Crippen molar-refractivity contribution < 1.29 is 9.53 Å². The molecule has 0 radical (unpaired) electrons. The van der Waals surface area contributed by atoms with Gasteiger partial charge in [0.2, 0.25) is 0 Å². The molecule has 1 aromatic rings. The lowest BCUT2D eigenvalue weighted by atomic mass is 10.2. The number of hydrogen-bond donors (Lipinski definition) is 2. The maximum absolute atomic E-state index is 12.1. The summed E-state index contributed by atoms with van der Waals surface area (Å²) in [7, 11) is 0. The molecule has 0 aliphatic carbocycles. The lowest BCUT2D eigenvalue weighted by Crippen LogP contribution is -2.37. The molecule has 1 aromatic heterocycles. The number of anilines is 1. The molecule has 1 unspecified atom stereocenters. The Labute approximate surface area is 100 Å². The molecule has 1 saturated heterocycles. The first-order chi connectivity index (χ1) is 8.20. The van der Waals surface area contributed by atoms with Gasteiger partial charge >= 0.3 is 0 Å². The van der Waals surface area contributed by atoms with E-state index in [1.54, 1.807) is 11.0 Å². The molecule has 1 atom stereocenters. The van der Waals surface area contributed by atoms with Crippen molar-refractivity contribution in [2.45, 2.75) is 25.9 Å². The summed E-state index contributed by atoms with van der Waals surface area (Å²) in [6.45, 7) is 4.03. The highest BCUT2D eigenvalue weighted by Gasteiger charge is 2.23. The molecule has 0 saturated carbocycles. The van der Waals surface area contributed by atoms with E-state index in [4.69, 9.17) is 10.5 Å². The molecule has 1 amide bonds. The highest BCUT2D eigenvalue weighted by Crippen LogP contribution is 2.14. The molecule has 1 aliphatic heterocycles. The summed E-state index contributed by atoms with van der Waals surface area (Å²) in [5.74, 6) is 0.258. The summed E-state index contributed by atoms with van der Waals surface area (Å²) >= 11 is 0. The Kier molecular flexibility index (Phi) is 3.63. The van der Waals surface area contributed by atoms with Crippen LogP contribution >= 0.6 is 0 Å². The number of carbonyl (C=O) groups is 1. The standard InChI is InChI=1S/C11H18N4O2/c1-2-15(7-8-4-3-5-17-8)11(16)9-6-10(12)14-13-9/h6,8H,2-5,7H2,1H3,(H3,12,13,14). The summed E-state index contributed by atoms with van der Waals surface area (Å²) in [5, 5.41) is 6.40. The molecule has 17 heavy (non-hydrogen) atoms. The molecule has 2 heterocycles. The maximum Gasteiger partial charge on any atom is 0.272 e. The van der Waals surface area contributed by atoms with Crippen LogP contribution < -0.4 is 5.73 Å². The lowest BCUT2D eigenvalue weighted by molar-refractivity contribution is 0.0535. The number of aromatic amines is 1. The van der Waals surface area contributed by atoms with E-state index < -0.39 is 0 Å². The van der Waals surface area contributed by atoms with Gasteiger partial charge in [-0.15, -0.1) is 0 Å². The normalized spacial score (nSPS) is 19.5. The third-order valence-electron chi connectivity index (χ3n) is 2.95. The number of carbonyl (C=O) groups excluding carboxylic acids is 1. The van der Waals surface area contributed by atoms with E-state index in [9.17, 15) is 4.79 Å². The second-order valence-corrected chi connectivity index (χ2v) is 4.19. The van der Waals surface area contributed by atoms with Crippen molar-refractivity contribution >= 4 is 11.7 Å². The Bertz CT molecular complexity index is 385. The van der Waals surface area contributed by atoms with Crippen LogP contribution in [-0.4, -0.2) is 46.8 Å². The van der Waals surface area contributed by atoms with E-state index in [-0.39, 0.29) is 12.0 Å². The first-order valence-corrected chi connectivity index (χ1v) is 5.92. The number of H-pyrrole nitrogens is 1. The third kappa shape index (κ3) is 2.76. The molecule has 6 nitrogen and oxygen atoms in total. The first-order valence-electron chi connectivity index (χ1n) is 5.92. The molecule has 2 rings (SSSR count). The molecule has 6 heteroatoms. The van der Waals surface area contributed by atoms with Gasteiger partial charge in [-0.2, -0.15) is 5.10 Å². The van der Waals surface area contributed by atoms with E-state index in [1.807, 2.05) is 6.92 Å². The van der Waals surface area contributed by atoms with Crippen molar-refractivity contribution in [3.8, 4) is 0 Å². The second-order valence-electron chi connectivity index (χ2n) is 4.19. The molecular weight excluding hydrogens is 220 g/mol. The van der Waals surface area contributed by atoms with Gasteiger partial charge in [0, 0.05) is 25.8 Å². The van der Waals surface area contributed by atoms with Gasteiger partial charge in [0.1, 0.15) is 11.5 Å². The van der Waals surface area contributed by atoms with Crippen molar-refractivity contribution in [2.75, 3.05) is 25.4 Å². The van der Waals surface area contributed by atoms with Crippen molar-refractivity contribution in [3.63, 3.8) is 0 Å². The number of hydrogen-bond acceptors (Lipinski definition) is 4. The average molecular weight is 238 g/mol. The minimum atomic E-state index is -0.0767. The highest BCUT2D eigenvalue weighted by molar-refractivity contribution is 5.92. The van der Waals surface area contributed by atoms with Crippen LogP contribution in [0.3, 0.4) is 0 Å². The van der Waals surface area contributed by atoms with Crippen LogP contribution in [0.1, 0.15) is 30.3 Å². The fourth-order valence-corrected chi connectivity index (χ4v) is 2.01. The minimum Gasteiger partial charge on any atom is -0.382 e. The van der Waals surface area contributed by atoms with Gasteiger partial charge in [0.05, 0.1) is 6.10 Å². The maximum atomic E-state index is 12.1. The zero-order valence-corrected chi connectivity index (χ0v) is 9.98. The van der Waals surface area contributed by atoms with E-state index in [0.29, 0.717) is 24.6 Å². The van der Waals surface area contributed by atoms with Gasteiger partial charge in [0.25, 0.3) is 5.91 Å². The van der Waals surface area contributed by atoms with Crippen LogP contribution in [0, 0.1) is 0 Å². The lowest BCUT2D eigenvalue weighted by Gasteiger charge is -2.23. The third-order valence-corrected chi connectivity index (χ3v) is 2.95. The smallest absolute Gasteiger partial charge is 0.272 e. The predicted molar refractivity (Wildman–Crippen MR) is 63.6 cm³/mol. The number of likely N-dealkylation sites (N-methyl/N-ethyl adjacent to an activating group) is 1. The zero-order chi connectivity index (χ0) is 12.3. The average Bonchev–Trinajstić information content (AvgIpc) is 2.96. The quantitative estimate of drug-likeness (QED) is 0.806. The molecule has 1 aliphatic rings. The number of nitrogens with one attached hydrogen (secondary N) is 1. The van der Waals surface area contributed by atoms with Crippen molar-refractivity contribution in [1.82, 2.24) is 15.1 Å². The number of nitrogen functional groups attached to an aromatic ring is 1. The van der Waals surface area contributed by atoms with Gasteiger partial charge in [-0.05, 0) is 19.8 Å². The van der Waals surface area contributed by atoms with E-state index in [1.165, 1.54) is 0 Å². The molecule has 0 aromatic carbocycles. The van der Waals surface area contributed by atoms with E-state index in [0.717, 1.165) is 19.4 Å². The minimum absolute atomic E-state index is 0.0767. The summed E-state index contributed by atoms with van der Waals surface area (Å²) < 4.78 is 5.53. The fraction of sp³-hybridized carbons (Fsp3) is 0.636. The number of aromatic nitrogens is 2. The van der Waals surface area contributed by atoms with Gasteiger partial charge in [-0.1, -0.05) is 0 Å². The molecule has 3 N–H and O–H groups in total. The van der Waals surface area contributed by atoms with Crippen molar-refractivity contribution in [1.29, 1.82) is 0 Å². The van der Waals surface area contributed by atoms with Crippen LogP contribution in [0.25, 0.3) is 0 Å². The predicted octanol–water partition coefficient (Wildman–Crippen LogP) is 0.633. The topological polar surface area (TPSA) is 84.2 Å². The Morgan fingerprint density at radius 2 is 2.59 bits per heavy atom. The monoisotopic (exact) mass is 238 g/mol. The summed E-state index contributed by atoms with van der Waals surface area (Å²) in [6, 6.07) is 1.56. The van der Waals surface area contributed by atoms with Gasteiger partial charge in [-0.25, -0.2) is 0 Å². The molecule has 0 bridgehead atoms. The number of nitrogens with zero attached hydrogens (tertiary/aromatic N) is 2. The van der Waals surface area contributed by atoms with Crippen molar-refractivity contribution in [2.24, 2.45) is 0 Å². The fourth-order valence-electron chi connectivity index (χ4n) is 2.01. The Hall–Kier alpha value is -1.56. The number of ether oxygens (including phenoxy) is 1. The number of amides is 1. The van der Waals surface area contributed by atoms with E-state index in [2.05, 4.69) is 10.2 Å². The van der Waals surface area contributed by atoms with E-state index >= 15 is 0 Å². The first kappa shape index (κ1) is 11.9. The molecular formula is C11H18N4O2. The Morgan fingerprint density at radius 3 is 3.12 bits per heavy atom. The van der Waals surface area contributed by atoms with Crippen molar-refractivity contribution in [3.05, 3.63) is 11.8 Å².